The zero-order valence-electron chi connectivity index (χ0n) is 13.0. The molecule has 1 aromatic heterocycles. The third kappa shape index (κ3) is 3.52. The van der Waals surface area contributed by atoms with Crippen LogP contribution >= 0.6 is 11.6 Å². The van der Waals surface area contributed by atoms with Gasteiger partial charge in [-0.15, -0.1) is 5.10 Å². The normalized spacial score (nSPS) is 10.2. The molecule has 0 aliphatic rings. The average molecular weight is 339 g/mol. The molecule has 2 aromatic carbocycles. The van der Waals surface area contributed by atoms with Gasteiger partial charge < -0.3 is 10.6 Å². The number of rotatable bonds is 4. The second-order valence-electron chi connectivity index (χ2n) is 5.15. The Morgan fingerprint density at radius 1 is 1.00 bits per heavy atom. The van der Waals surface area contributed by atoms with Crippen LogP contribution in [0.15, 0.2) is 60.8 Å². The van der Waals surface area contributed by atoms with Crippen LogP contribution in [0.4, 0.5) is 17.2 Å². The Balaban J connectivity index is 1.88. The van der Waals surface area contributed by atoms with E-state index in [1.165, 1.54) is 0 Å². The van der Waals surface area contributed by atoms with Gasteiger partial charge in [0, 0.05) is 16.9 Å². The van der Waals surface area contributed by atoms with Crippen LogP contribution in [0.3, 0.4) is 0 Å². The molecular weight excluding hydrogens is 324 g/mol. The first-order valence-electron chi connectivity index (χ1n) is 7.35. The fourth-order valence-electron chi connectivity index (χ4n) is 2.23. The smallest absolute Gasteiger partial charge is 0.258 e. The number of hydrogen-bond acceptors (Lipinski definition) is 4. The van der Waals surface area contributed by atoms with Crippen molar-refractivity contribution >= 4 is 34.7 Å². The molecule has 0 fully saturated rings. The summed E-state index contributed by atoms with van der Waals surface area (Å²) < 4.78 is 0. The summed E-state index contributed by atoms with van der Waals surface area (Å²) in [6.07, 6.45) is 1.55. The summed E-state index contributed by atoms with van der Waals surface area (Å²) in [5, 5.41) is 14.3. The maximum absolute atomic E-state index is 12.5. The maximum atomic E-state index is 12.5. The summed E-state index contributed by atoms with van der Waals surface area (Å²) in [7, 11) is 0. The molecule has 24 heavy (non-hydrogen) atoms. The molecule has 6 heteroatoms. The molecule has 1 heterocycles. The lowest BCUT2D eigenvalue weighted by molar-refractivity contribution is 0.102. The van der Waals surface area contributed by atoms with Crippen molar-refractivity contribution in [2.24, 2.45) is 0 Å². The van der Waals surface area contributed by atoms with Gasteiger partial charge in [0.25, 0.3) is 5.91 Å². The molecule has 0 radical (unpaired) electrons. The number of halogens is 1. The molecule has 0 unspecified atom stereocenters. The van der Waals surface area contributed by atoms with Crippen molar-refractivity contribution in [1.82, 2.24) is 10.2 Å². The number of aromatic nitrogens is 2. The molecule has 2 N–H and O–H groups in total. The van der Waals surface area contributed by atoms with Gasteiger partial charge >= 0.3 is 0 Å². The monoisotopic (exact) mass is 338 g/mol. The topological polar surface area (TPSA) is 66.9 Å². The Morgan fingerprint density at radius 2 is 1.79 bits per heavy atom. The lowest BCUT2D eigenvalue weighted by atomic mass is 10.1. The van der Waals surface area contributed by atoms with Crippen LogP contribution in [0.5, 0.6) is 0 Å². The van der Waals surface area contributed by atoms with Crippen molar-refractivity contribution in [3.63, 3.8) is 0 Å². The number of carbonyl (C=O) groups is 1. The Labute approximate surface area is 144 Å². The largest absolute Gasteiger partial charge is 0.355 e. The highest BCUT2D eigenvalue weighted by Crippen LogP contribution is 2.28. The van der Waals surface area contributed by atoms with Gasteiger partial charge in [0.15, 0.2) is 5.82 Å². The third-order valence-corrected chi connectivity index (χ3v) is 3.93. The van der Waals surface area contributed by atoms with Crippen molar-refractivity contribution in [3.05, 3.63) is 76.9 Å². The first-order valence-corrected chi connectivity index (χ1v) is 7.73. The van der Waals surface area contributed by atoms with Gasteiger partial charge in [-0.1, -0.05) is 29.8 Å². The van der Waals surface area contributed by atoms with Crippen LogP contribution in [-0.4, -0.2) is 16.1 Å². The molecule has 3 rings (SSSR count). The Hall–Kier alpha value is -2.92. The number of nitrogens with zero attached hydrogens (tertiary/aromatic N) is 2. The molecule has 0 bridgehead atoms. The van der Waals surface area contributed by atoms with Gasteiger partial charge in [0.05, 0.1) is 11.3 Å². The van der Waals surface area contributed by atoms with Crippen LogP contribution in [0.2, 0.25) is 5.02 Å². The Bertz CT molecular complexity index is 868. The van der Waals surface area contributed by atoms with E-state index in [0.717, 1.165) is 11.3 Å². The fraction of sp³-hybridized carbons (Fsp3) is 0.0556. The quantitative estimate of drug-likeness (QED) is 0.738. The summed E-state index contributed by atoms with van der Waals surface area (Å²) in [6.45, 7) is 1.92. The second-order valence-corrected chi connectivity index (χ2v) is 5.55. The van der Waals surface area contributed by atoms with Crippen LogP contribution in [0.1, 0.15) is 15.9 Å². The summed E-state index contributed by atoms with van der Waals surface area (Å²) in [6, 6.07) is 16.3. The SMILES string of the molecule is Cc1c(Cl)cccc1Nc1ccccc1C(=O)Nc1cccnn1. The van der Waals surface area contributed by atoms with E-state index in [9.17, 15) is 4.79 Å². The highest BCUT2D eigenvalue weighted by atomic mass is 35.5. The van der Waals surface area contributed by atoms with E-state index in [0.29, 0.717) is 22.1 Å². The summed E-state index contributed by atoms with van der Waals surface area (Å²) in [5.74, 6) is 0.134. The second kappa shape index (κ2) is 7.10. The maximum Gasteiger partial charge on any atom is 0.258 e. The fourth-order valence-corrected chi connectivity index (χ4v) is 2.40. The number of hydrogen-bond donors (Lipinski definition) is 2. The number of nitrogens with one attached hydrogen (secondary N) is 2. The van der Waals surface area contributed by atoms with Gasteiger partial charge in [-0.25, -0.2) is 0 Å². The van der Waals surface area contributed by atoms with Gasteiger partial charge in [-0.2, -0.15) is 5.10 Å². The highest BCUT2D eigenvalue weighted by Gasteiger charge is 2.13. The van der Waals surface area contributed by atoms with E-state index in [4.69, 9.17) is 11.6 Å². The van der Waals surface area contributed by atoms with E-state index in [2.05, 4.69) is 20.8 Å². The average Bonchev–Trinajstić information content (AvgIpc) is 2.60. The lowest BCUT2D eigenvalue weighted by Gasteiger charge is -2.14. The van der Waals surface area contributed by atoms with Gasteiger partial charge in [0.2, 0.25) is 0 Å². The molecular formula is C18H15ClN4O. The van der Waals surface area contributed by atoms with Crippen LogP contribution < -0.4 is 10.6 Å². The van der Waals surface area contributed by atoms with Crippen molar-refractivity contribution in [1.29, 1.82) is 0 Å². The zero-order valence-corrected chi connectivity index (χ0v) is 13.7. The third-order valence-electron chi connectivity index (χ3n) is 3.52. The molecule has 0 spiro atoms. The Kier molecular flexibility index (Phi) is 4.72. The van der Waals surface area contributed by atoms with Crippen molar-refractivity contribution in [3.8, 4) is 0 Å². The minimum Gasteiger partial charge on any atom is -0.355 e. The molecule has 0 saturated heterocycles. The molecule has 1 amide bonds. The molecule has 5 nitrogen and oxygen atoms in total. The molecule has 0 saturated carbocycles. The molecule has 0 atom stereocenters. The standard InChI is InChI=1S/C18H15ClN4O/c1-12-14(19)7-4-9-15(12)21-16-8-3-2-6-13(16)18(24)22-17-10-5-11-20-23-17/h2-11,21H,1H3,(H,22,23,24). The van der Waals surface area contributed by atoms with E-state index in [1.54, 1.807) is 24.4 Å². The number of benzene rings is 2. The first kappa shape index (κ1) is 16.0. The molecule has 120 valence electrons. The predicted octanol–water partition coefficient (Wildman–Crippen LogP) is 4.43. The van der Waals surface area contributed by atoms with E-state index < -0.39 is 0 Å². The molecule has 0 aliphatic carbocycles. The van der Waals surface area contributed by atoms with E-state index in [1.807, 2.05) is 43.3 Å². The first-order chi connectivity index (χ1) is 11.6. The van der Waals surface area contributed by atoms with Crippen molar-refractivity contribution in [2.75, 3.05) is 10.6 Å². The number of anilines is 3. The van der Waals surface area contributed by atoms with E-state index >= 15 is 0 Å². The summed E-state index contributed by atoms with van der Waals surface area (Å²) >= 11 is 6.16. The number of para-hydroxylation sites is 1. The highest BCUT2D eigenvalue weighted by molar-refractivity contribution is 6.31. The number of carbonyl (C=O) groups excluding carboxylic acids is 1. The van der Waals surface area contributed by atoms with Crippen LogP contribution in [0.25, 0.3) is 0 Å². The lowest BCUT2D eigenvalue weighted by Crippen LogP contribution is -2.15. The van der Waals surface area contributed by atoms with Gasteiger partial charge in [-0.3, -0.25) is 4.79 Å². The predicted molar refractivity (Wildman–Crippen MR) is 95.9 cm³/mol. The van der Waals surface area contributed by atoms with E-state index in [-0.39, 0.29) is 5.91 Å². The van der Waals surface area contributed by atoms with Crippen molar-refractivity contribution in [2.45, 2.75) is 6.92 Å². The molecule has 3 aromatic rings. The summed E-state index contributed by atoms with van der Waals surface area (Å²) in [5.41, 5.74) is 2.96. The van der Waals surface area contributed by atoms with Gasteiger partial charge in [0.1, 0.15) is 0 Å². The summed E-state index contributed by atoms with van der Waals surface area (Å²) in [4.78, 5) is 12.5. The Morgan fingerprint density at radius 3 is 2.58 bits per heavy atom. The van der Waals surface area contributed by atoms with Gasteiger partial charge in [-0.05, 0) is 48.9 Å². The minimum atomic E-state index is -0.265. The molecule has 0 aliphatic heterocycles. The van der Waals surface area contributed by atoms with Crippen LogP contribution in [-0.2, 0) is 0 Å². The number of amides is 1. The van der Waals surface area contributed by atoms with Crippen molar-refractivity contribution < 1.29 is 4.79 Å². The zero-order chi connectivity index (χ0) is 16.9. The van der Waals surface area contributed by atoms with Crippen LogP contribution in [0, 0.1) is 6.92 Å². The minimum absolute atomic E-state index is 0.265.